The van der Waals surface area contributed by atoms with E-state index < -0.39 is 0 Å². The molecule has 0 spiro atoms. The first-order chi connectivity index (χ1) is 5.04. The fourth-order valence-electron chi connectivity index (χ4n) is 1.15. The molecule has 0 saturated heterocycles. The van der Waals surface area contributed by atoms with Gasteiger partial charge < -0.3 is 10.2 Å². The van der Waals surface area contributed by atoms with Gasteiger partial charge in [0, 0.05) is 26.3 Å². The van der Waals surface area contributed by atoms with Crippen molar-refractivity contribution in [2.75, 3.05) is 20.6 Å². The topological polar surface area (TPSA) is 32.8 Å². The zero-order valence-electron chi connectivity index (χ0n) is 7.46. The van der Waals surface area contributed by atoms with E-state index in [9.17, 15) is 5.21 Å². The van der Waals surface area contributed by atoms with Crippen LogP contribution in [0, 0.1) is 5.21 Å². The van der Waals surface area contributed by atoms with Crippen molar-refractivity contribution in [3.05, 3.63) is 16.5 Å². The zero-order chi connectivity index (χ0) is 8.59. The molecule has 0 unspecified atom stereocenters. The van der Waals surface area contributed by atoms with Crippen molar-refractivity contribution < 1.29 is 0 Å². The predicted octanol–water partition coefficient (Wildman–Crippen LogP) is 0.787. The molecule has 0 N–H and O–H groups in total. The lowest BCUT2D eigenvalue weighted by atomic mass is 10.2. The quantitative estimate of drug-likeness (QED) is 0.519. The molecule has 1 aliphatic rings. The highest BCUT2D eigenvalue weighted by atomic mass is 16.6. The van der Waals surface area contributed by atoms with Crippen molar-refractivity contribution in [2.45, 2.75) is 13.8 Å². The van der Waals surface area contributed by atoms with Gasteiger partial charge in [0.15, 0.2) is 0 Å². The molecule has 64 valence electrons. The summed E-state index contributed by atoms with van der Waals surface area (Å²) in [4.78, 5) is 0. The van der Waals surface area contributed by atoms with Crippen molar-refractivity contribution in [2.24, 2.45) is 0 Å². The first-order valence-corrected chi connectivity index (χ1v) is 3.62. The summed E-state index contributed by atoms with van der Waals surface area (Å²) in [7, 11) is 3.54. The van der Waals surface area contributed by atoms with Crippen molar-refractivity contribution in [1.29, 1.82) is 0 Å². The van der Waals surface area contributed by atoms with Crippen LogP contribution in [-0.4, -0.2) is 35.9 Å². The smallest absolute Gasteiger partial charge is 0.0365 e. The van der Waals surface area contributed by atoms with Gasteiger partial charge in [-0.15, -0.1) is 0 Å². The van der Waals surface area contributed by atoms with Gasteiger partial charge in [0.25, 0.3) is 0 Å². The summed E-state index contributed by atoms with van der Waals surface area (Å²) in [5.41, 5.74) is 2.28. The van der Waals surface area contributed by atoms with Crippen molar-refractivity contribution >= 4 is 0 Å². The van der Waals surface area contributed by atoms with Crippen LogP contribution in [0.2, 0.25) is 0 Å². The third kappa shape index (κ3) is 1.38. The molecule has 0 aromatic heterocycles. The summed E-state index contributed by atoms with van der Waals surface area (Å²) < 4.78 is 0. The molecule has 1 rings (SSSR count). The Bertz CT molecular complexity index is 190. The van der Waals surface area contributed by atoms with Gasteiger partial charge in [-0.1, -0.05) is 0 Å². The van der Waals surface area contributed by atoms with Gasteiger partial charge in [-0.05, 0) is 19.4 Å². The van der Waals surface area contributed by atoms with Crippen molar-refractivity contribution in [1.82, 2.24) is 15.3 Å². The highest BCUT2D eigenvalue weighted by Crippen LogP contribution is 2.17. The molecule has 4 nitrogen and oxygen atoms in total. The first kappa shape index (κ1) is 8.52. The van der Waals surface area contributed by atoms with E-state index in [1.54, 1.807) is 24.1 Å². The van der Waals surface area contributed by atoms with Crippen LogP contribution in [0.25, 0.3) is 0 Å². The molecule has 0 saturated carbocycles. The molecular weight excluding hydrogens is 142 g/mol. The maximum absolute atomic E-state index is 11.2. The number of hydrogen-bond acceptors (Lipinski definition) is 4. The summed E-state index contributed by atoms with van der Waals surface area (Å²) in [5.74, 6) is 0. The number of hydrazine groups is 2. The Morgan fingerprint density at radius 1 is 1.27 bits per heavy atom. The lowest BCUT2D eigenvalue weighted by Gasteiger charge is -2.49. The largest absolute Gasteiger partial charge is 0.753 e. The van der Waals surface area contributed by atoms with E-state index in [0.717, 1.165) is 17.5 Å². The third-order valence-electron chi connectivity index (χ3n) is 2.12. The average Bonchev–Trinajstić information content (AvgIpc) is 1.97. The van der Waals surface area contributed by atoms with Gasteiger partial charge >= 0.3 is 0 Å². The molecule has 4 heteroatoms. The Morgan fingerprint density at radius 2 is 1.82 bits per heavy atom. The standard InChI is InChI=1S/C7H14N3O/c1-6-5-8(3)10(11)9(4)7(6)2/h5H2,1-4H3/q-1. The first-order valence-electron chi connectivity index (χ1n) is 3.62. The van der Waals surface area contributed by atoms with Crippen LogP contribution in [0.3, 0.4) is 0 Å². The fraction of sp³-hybridized carbons (Fsp3) is 0.714. The van der Waals surface area contributed by atoms with Crippen LogP contribution in [0.1, 0.15) is 13.8 Å². The van der Waals surface area contributed by atoms with E-state index in [0.29, 0.717) is 0 Å². The summed E-state index contributed by atoms with van der Waals surface area (Å²) in [6.45, 7) is 4.71. The Labute approximate surface area is 67.2 Å². The summed E-state index contributed by atoms with van der Waals surface area (Å²) in [6.07, 6.45) is 0. The van der Waals surface area contributed by atoms with Gasteiger partial charge in [0.1, 0.15) is 0 Å². The van der Waals surface area contributed by atoms with Crippen LogP contribution >= 0.6 is 0 Å². The van der Waals surface area contributed by atoms with Gasteiger partial charge in [-0.2, -0.15) is 0 Å². The Morgan fingerprint density at radius 3 is 2.36 bits per heavy atom. The molecule has 0 fully saturated rings. The Kier molecular flexibility index (Phi) is 2.17. The van der Waals surface area contributed by atoms with E-state index >= 15 is 0 Å². The second-order valence-electron chi connectivity index (χ2n) is 2.96. The number of nitrogens with zero attached hydrogens (tertiary/aromatic N) is 3. The summed E-state index contributed by atoms with van der Waals surface area (Å²) >= 11 is 0. The highest BCUT2D eigenvalue weighted by molar-refractivity contribution is 5.11. The Balaban J connectivity index is 2.86. The molecule has 11 heavy (non-hydrogen) atoms. The maximum atomic E-state index is 11.2. The third-order valence-corrected chi connectivity index (χ3v) is 2.12. The van der Waals surface area contributed by atoms with Crippen LogP contribution in [-0.2, 0) is 0 Å². The molecule has 1 heterocycles. The number of hydrogen-bond donors (Lipinski definition) is 0. The minimum Gasteiger partial charge on any atom is -0.753 e. The normalized spacial score (nSPS) is 23.2. The average molecular weight is 156 g/mol. The maximum Gasteiger partial charge on any atom is 0.0365 e. The second kappa shape index (κ2) is 2.81. The molecular formula is C7H14N3O-. The van der Waals surface area contributed by atoms with E-state index in [4.69, 9.17) is 0 Å². The summed E-state index contributed by atoms with van der Waals surface area (Å²) in [6, 6.07) is 0. The van der Waals surface area contributed by atoms with Gasteiger partial charge in [-0.3, -0.25) is 0 Å². The van der Waals surface area contributed by atoms with Crippen LogP contribution in [0.4, 0.5) is 0 Å². The fourth-order valence-corrected chi connectivity index (χ4v) is 1.15. The molecule has 0 aromatic rings. The second-order valence-corrected chi connectivity index (χ2v) is 2.96. The predicted molar refractivity (Wildman–Crippen MR) is 44.0 cm³/mol. The van der Waals surface area contributed by atoms with Crippen LogP contribution in [0.15, 0.2) is 11.3 Å². The molecule has 0 aliphatic carbocycles. The molecule has 0 aromatic carbocycles. The van der Waals surface area contributed by atoms with Gasteiger partial charge in [0.05, 0.1) is 0 Å². The SMILES string of the molecule is CC1=C(C)N(C)N([O-])N(C)C1. The lowest BCUT2D eigenvalue weighted by molar-refractivity contribution is -0.105. The van der Waals surface area contributed by atoms with Crippen LogP contribution in [0.5, 0.6) is 0 Å². The van der Waals surface area contributed by atoms with E-state index in [2.05, 4.69) is 0 Å². The van der Waals surface area contributed by atoms with Gasteiger partial charge in [-0.25, -0.2) is 10.3 Å². The minimum absolute atomic E-state index is 0.722. The zero-order valence-corrected chi connectivity index (χ0v) is 7.46. The van der Waals surface area contributed by atoms with E-state index in [1.807, 2.05) is 13.8 Å². The lowest BCUT2D eigenvalue weighted by Crippen LogP contribution is -2.49. The highest BCUT2D eigenvalue weighted by Gasteiger charge is 2.15. The number of rotatable bonds is 0. The van der Waals surface area contributed by atoms with E-state index in [1.165, 1.54) is 5.57 Å². The number of allylic oxidation sites excluding steroid dienone is 1. The monoisotopic (exact) mass is 156 g/mol. The molecule has 0 amide bonds. The van der Waals surface area contributed by atoms with Crippen molar-refractivity contribution in [3.8, 4) is 0 Å². The van der Waals surface area contributed by atoms with Gasteiger partial charge in [0.2, 0.25) is 0 Å². The van der Waals surface area contributed by atoms with Crippen LogP contribution < -0.4 is 0 Å². The van der Waals surface area contributed by atoms with Crippen molar-refractivity contribution in [3.63, 3.8) is 0 Å². The molecule has 0 atom stereocenters. The minimum atomic E-state index is 0.722. The molecule has 0 radical (unpaired) electrons. The summed E-state index contributed by atoms with van der Waals surface area (Å²) in [5, 5.41) is 15.3. The molecule has 1 aliphatic heterocycles. The number of likely N-dealkylation sites (N-methyl/N-ethyl adjacent to an activating group) is 1. The van der Waals surface area contributed by atoms with E-state index in [-0.39, 0.29) is 0 Å². The Hall–Kier alpha value is -0.580. The molecule has 0 bridgehead atoms.